The van der Waals surface area contributed by atoms with Crippen molar-refractivity contribution in [2.24, 2.45) is 11.8 Å². The van der Waals surface area contributed by atoms with Gasteiger partial charge < -0.3 is 9.47 Å². The first-order valence-corrected chi connectivity index (χ1v) is 11.0. The third-order valence-electron chi connectivity index (χ3n) is 5.81. The van der Waals surface area contributed by atoms with E-state index in [0.29, 0.717) is 5.75 Å². The second kappa shape index (κ2) is 11.1. The summed E-state index contributed by atoms with van der Waals surface area (Å²) in [4.78, 5) is 0. The summed E-state index contributed by atoms with van der Waals surface area (Å²) in [7, 11) is 0. The van der Waals surface area contributed by atoms with Crippen LogP contribution in [0, 0.1) is 23.5 Å². The maximum Gasteiger partial charge on any atom is 0.201 e. The number of allylic oxidation sites excluding steroid dienone is 2. The molecular weight excluding hydrogens is 382 g/mol. The number of aryl methyl sites for hydroxylation is 1. The lowest BCUT2D eigenvalue weighted by Gasteiger charge is -2.23. The van der Waals surface area contributed by atoms with E-state index in [2.05, 4.69) is 19.1 Å². The summed E-state index contributed by atoms with van der Waals surface area (Å²) in [5.41, 5.74) is 1.41. The standard InChI is InChI=1S/C26H32F2O2/c1-3-29-24-17-14-22(25(27)26(24)28)18-30-23-15-12-21(13-16-23)7-5-4-6-20-10-8-19(2)9-11-20/h4,6,12-17,19-20H,3,5,7-11,18H2,1-2H3/b6-4+. The molecular formula is C26H32F2O2. The summed E-state index contributed by atoms with van der Waals surface area (Å²) >= 11 is 0. The molecule has 0 aromatic heterocycles. The van der Waals surface area contributed by atoms with Gasteiger partial charge in [-0.05, 0) is 74.3 Å². The van der Waals surface area contributed by atoms with E-state index in [1.807, 2.05) is 24.3 Å². The monoisotopic (exact) mass is 414 g/mol. The van der Waals surface area contributed by atoms with Crippen molar-refractivity contribution in [2.75, 3.05) is 6.61 Å². The Hall–Kier alpha value is -2.36. The highest BCUT2D eigenvalue weighted by molar-refractivity contribution is 5.32. The third-order valence-corrected chi connectivity index (χ3v) is 5.81. The molecule has 2 aromatic rings. The van der Waals surface area contributed by atoms with Crippen molar-refractivity contribution >= 4 is 0 Å². The van der Waals surface area contributed by atoms with Gasteiger partial charge in [-0.15, -0.1) is 0 Å². The molecule has 2 aromatic carbocycles. The first-order valence-electron chi connectivity index (χ1n) is 11.0. The normalized spacial score (nSPS) is 19.2. The molecule has 0 radical (unpaired) electrons. The lowest BCUT2D eigenvalue weighted by atomic mass is 9.83. The van der Waals surface area contributed by atoms with Crippen LogP contribution in [0.4, 0.5) is 8.78 Å². The van der Waals surface area contributed by atoms with Crippen molar-refractivity contribution in [3.63, 3.8) is 0 Å². The summed E-state index contributed by atoms with van der Waals surface area (Å²) in [5.74, 6) is 0.320. The van der Waals surface area contributed by atoms with E-state index in [1.54, 1.807) is 6.92 Å². The third kappa shape index (κ3) is 6.32. The van der Waals surface area contributed by atoms with Crippen molar-refractivity contribution < 1.29 is 18.3 Å². The Balaban J connectivity index is 1.45. The van der Waals surface area contributed by atoms with Crippen molar-refractivity contribution in [2.45, 2.75) is 59.0 Å². The van der Waals surface area contributed by atoms with Gasteiger partial charge in [-0.2, -0.15) is 4.39 Å². The number of rotatable bonds is 9. The zero-order valence-electron chi connectivity index (χ0n) is 18.0. The molecule has 1 saturated carbocycles. The van der Waals surface area contributed by atoms with Crippen LogP contribution in [0.15, 0.2) is 48.6 Å². The lowest BCUT2D eigenvalue weighted by molar-refractivity contribution is 0.289. The van der Waals surface area contributed by atoms with Crippen LogP contribution in [0.2, 0.25) is 0 Å². The molecule has 0 atom stereocenters. The van der Waals surface area contributed by atoms with Gasteiger partial charge in [0.05, 0.1) is 6.61 Å². The molecule has 30 heavy (non-hydrogen) atoms. The Labute approximate surface area is 178 Å². The molecule has 1 aliphatic carbocycles. The van der Waals surface area contributed by atoms with Crippen LogP contribution in [0.1, 0.15) is 57.1 Å². The van der Waals surface area contributed by atoms with Crippen LogP contribution in [0.3, 0.4) is 0 Å². The molecule has 1 fully saturated rings. The maximum atomic E-state index is 14.1. The number of hydrogen-bond donors (Lipinski definition) is 0. The lowest BCUT2D eigenvalue weighted by Crippen LogP contribution is -2.09. The van der Waals surface area contributed by atoms with Crippen LogP contribution in [-0.2, 0) is 13.0 Å². The average Bonchev–Trinajstić information content (AvgIpc) is 2.76. The van der Waals surface area contributed by atoms with E-state index in [0.717, 1.165) is 24.7 Å². The summed E-state index contributed by atoms with van der Waals surface area (Å²) in [6.07, 6.45) is 12.1. The first-order chi connectivity index (χ1) is 14.6. The van der Waals surface area contributed by atoms with E-state index < -0.39 is 11.6 Å². The fraction of sp³-hybridized carbons (Fsp3) is 0.462. The van der Waals surface area contributed by atoms with Gasteiger partial charge in [-0.3, -0.25) is 0 Å². The molecule has 2 nitrogen and oxygen atoms in total. The number of hydrogen-bond acceptors (Lipinski definition) is 2. The molecule has 3 rings (SSSR count). The highest BCUT2D eigenvalue weighted by Gasteiger charge is 2.16. The summed E-state index contributed by atoms with van der Waals surface area (Å²) < 4.78 is 38.8. The first kappa shape index (κ1) is 22.3. The van der Waals surface area contributed by atoms with Gasteiger partial charge in [-0.25, -0.2) is 4.39 Å². The Bertz CT molecular complexity index is 822. The van der Waals surface area contributed by atoms with E-state index >= 15 is 0 Å². The smallest absolute Gasteiger partial charge is 0.201 e. The highest BCUT2D eigenvalue weighted by atomic mass is 19.2. The van der Waals surface area contributed by atoms with E-state index in [9.17, 15) is 8.78 Å². The van der Waals surface area contributed by atoms with Crippen LogP contribution in [0.25, 0.3) is 0 Å². The van der Waals surface area contributed by atoms with Gasteiger partial charge in [0, 0.05) is 5.56 Å². The Morgan fingerprint density at radius 1 is 0.933 bits per heavy atom. The van der Waals surface area contributed by atoms with Gasteiger partial charge in [0.1, 0.15) is 12.4 Å². The molecule has 0 amide bonds. The van der Waals surface area contributed by atoms with Crippen LogP contribution in [0.5, 0.6) is 11.5 Å². The Kier molecular flexibility index (Phi) is 8.30. The Morgan fingerprint density at radius 3 is 2.37 bits per heavy atom. The van der Waals surface area contributed by atoms with E-state index in [4.69, 9.17) is 9.47 Å². The predicted molar refractivity (Wildman–Crippen MR) is 117 cm³/mol. The molecule has 0 unspecified atom stereocenters. The molecule has 1 aliphatic rings. The van der Waals surface area contributed by atoms with Crippen LogP contribution >= 0.6 is 0 Å². The second-order valence-corrected chi connectivity index (χ2v) is 8.20. The minimum absolute atomic E-state index is 0.0305. The molecule has 0 aliphatic heterocycles. The van der Waals surface area contributed by atoms with Crippen molar-refractivity contribution in [3.05, 3.63) is 71.3 Å². The zero-order valence-corrected chi connectivity index (χ0v) is 18.0. The van der Waals surface area contributed by atoms with Crippen LogP contribution in [-0.4, -0.2) is 6.61 Å². The van der Waals surface area contributed by atoms with E-state index in [1.165, 1.54) is 43.4 Å². The van der Waals surface area contributed by atoms with Gasteiger partial charge in [-0.1, -0.05) is 44.1 Å². The predicted octanol–water partition coefficient (Wildman–Crippen LogP) is 7.26. The van der Waals surface area contributed by atoms with Gasteiger partial charge >= 0.3 is 0 Å². The van der Waals surface area contributed by atoms with Gasteiger partial charge in [0.15, 0.2) is 11.6 Å². The second-order valence-electron chi connectivity index (χ2n) is 8.20. The minimum atomic E-state index is -0.968. The summed E-state index contributed by atoms with van der Waals surface area (Å²) in [5, 5.41) is 0. The average molecular weight is 415 g/mol. The molecule has 0 heterocycles. The van der Waals surface area contributed by atoms with Gasteiger partial charge in [0.25, 0.3) is 0 Å². The number of ether oxygens (including phenoxy) is 2. The molecule has 0 N–H and O–H groups in total. The Morgan fingerprint density at radius 2 is 1.67 bits per heavy atom. The molecule has 0 spiro atoms. The zero-order chi connectivity index (χ0) is 21.3. The molecule has 4 heteroatoms. The highest BCUT2D eigenvalue weighted by Crippen LogP contribution is 2.29. The van der Waals surface area contributed by atoms with Crippen molar-refractivity contribution in [1.29, 1.82) is 0 Å². The summed E-state index contributed by atoms with van der Waals surface area (Å²) in [6, 6.07) is 10.7. The van der Waals surface area contributed by atoms with Crippen LogP contribution < -0.4 is 9.47 Å². The minimum Gasteiger partial charge on any atom is -0.491 e. The van der Waals surface area contributed by atoms with E-state index in [-0.39, 0.29) is 24.5 Å². The SMILES string of the molecule is CCOc1ccc(COc2ccc(CC/C=C/C3CCC(C)CC3)cc2)c(F)c1F. The largest absolute Gasteiger partial charge is 0.491 e. The quantitative estimate of drug-likeness (QED) is 0.402. The molecule has 0 bridgehead atoms. The fourth-order valence-electron chi connectivity index (χ4n) is 3.88. The topological polar surface area (TPSA) is 18.5 Å². The maximum absolute atomic E-state index is 14.1. The summed E-state index contributed by atoms with van der Waals surface area (Å²) in [6.45, 7) is 4.33. The molecule has 162 valence electrons. The number of halogens is 2. The molecule has 0 saturated heterocycles. The van der Waals surface area contributed by atoms with Gasteiger partial charge in [0.2, 0.25) is 5.82 Å². The number of benzene rings is 2. The van der Waals surface area contributed by atoms with Crippen molar-refractivity contribution in [3.8, 4) is 11.5 Å². The van der Waals surface area contributed by atoms with Crippen molar-refractivity contribution in [1.82, 2.24) is 0 Å². The fourth-order valence-corrected chi connectivity index (χ4v) is 3.88.